The summed E-state index contributed by atoms with van der Waals surface area (Å²) in [4.78, 5) is 0. The van der Waals surface area contributed by atoms with E-state index in [0.29, 0.717) is 6.61 Å². The highest BCUT2D eigenvalue weighted by Gasteiger charge is 2.11. The molecular weight excluding hydrogens is 200 g/mol. The maximum Gasteiger partial charge on any atom is 0.101 e. The highest BCUT2D eigenvalue weighted by Crippen LogP contribution is 2.14. The molecule has 1 saturated heterocycles. The molecule has 1 heterocycles. The average Bonchev–Trinajstić information content (AvgIpc) is 2.23. The van der Waals surface area contributed by atoms with Crippen molar-refractivity contribution in [2.45, 2.75) is 6.17 Å². The lowest BCUT2D eigenvalue weighted by molar-refractivity contribution is 0.0849. The topological polar surface area (TPSA) is 33.3 Å². The highest BCUT2D eigenvalue weighted by atomic mass is 35.5. The van der Waals surface area contributed by atoms with Crippen molar-refractivity contribution in [3.05, 3.63) is 29.3 Å². The van der Waals surface area contributed by atoms with E-state index in [-0.39, 0.29) is 6.17 Å². The number of anilines is 1. The van der Waals surface area contributed by atoms with E-state index in [1.54, 1.807) is 0 Å². The van der Waals surface area contributed by atoms with Gasteiger partial charge in [0.05, 0.1) is 13.2 Å². The number of halogens is 1. The molecule has 1 aliphatic heterocycles. The van der Waals surface area contributed by atoms with Gasteiger partial charge in [0.15, 0.2) is 0 Å². The van der Waals surface area contributed by atoms with Gasteiger partial charge in [-0.25, -0.2) is 0 Å². The summed E-state index contributed by atoms with van der Waals surface area (Å²) in [6.07, 6.45) is 0.199. The monoisotopic (exact) mass is 212 g/mol. The van der Waals surface area contributed by atoms with Gasteiger partial charge >= 0.3 is 0 Å². The van der Waals surface area contributed by atoms with Gasteiger partial charge in [-0.2, -0.15) is 0 Å². The molecule has 1 atom stereocenters. The number of hydrogen-bond donors (Lipinski definition) is 2. The molecule has 14 heavy (non-hydrogen) atoms. The fraction of sp³-hybridized carbons (Fsp3) is 0.400. The summed E-state index contributed by atoms with van der Waals surface area (Å²) in [6.45, 7) is 2.38. The summed E-state index contributed by atoms with van der Waals surface area (Å²) < 4.78 is 5.33. The molecule has 4 heteroatoms. The first-order chi connectivity index (χ1) is 6.84. The number of benzene rings is 1. The molecule has 1 aromatic carbocycles. The Morgan fingerprint density at radius 2 is 2.14 bits per heavy atom. The molecule has 1 fully saturated rings. The Balaban J connectivity index is 1.92. The van der Waals surface area contributed by atoms with E-state index < -0.39 is 0 Å². The van der Waals surface area contributed by atoms with Crippen LogP contribution in [0.4, 0.5) is 5.69 Å². The van der Waals surface area contributed by atoms with Crippen molar-refractivity contribution in [1.29, 1.82) is 0 Å². The quantitative estimate of drug-likeness (QED) is 0.783. The third kappa shape index (κ3) is 2.61. The molecule has 1 aromatic rings. The van der Waals surface area contributed by atoms with Gasteiger partial charge in [0.1, 0.15) is 6.17 Å². The molecule has 3 nitrogen and oxygen atoms in total. The van der Waals surface area contributed by atoms with Gasteiger partial charge in [-0.3, -0.25) is 5.32 Å². The Hall–Kier alpha value is -0.770. The fourth-order valence-corrected chi connectivity index (χ4v) is 1.53. The Kier molecular flexibility index (Phi) is 3.24. The largest absolute Gasteiger partial charge is 0.377 e. The number of morpholine rings is 1. The Morgan fingerprint density at radius 1 is 1.36 bits per heavy atom. The molecular formula is C10H13ClN2O. The van der Waals surface area contributed by atoms with Gasteiger partial charge in [-0.05, 0) is 24.3 Å². The zero-order valence-electron chi connectivity index (χ0n) is 7.79. The third-order valence-corrected chi connectivity index (χ3v) is 2.36. The molecule has 76 valence electrons. The second-order valence-corrected chi connectivity index (χ2v) is 3.67. The fourth-order valence-electron chi connectivity index (χ4n) is 1.41. The molecule has 0 aromatic heterocycles. The zero-order valence-corrected chi connectivity index (χ0v) is 8.55. The molecule has 0 amide bonds. The Labute approximate surface area is 88.4 Å². The van der Waals surface area contributed by atoms with E-state index in [1.807, 2.05) is 24.3 Å². The predicted molar refractivity (Wildman–Crippen MR) is 57.7 cm³/mol. The highest BCUT2D eigenvalue weighted by molar-refractivity contribution is 6.30. The molecule has 2 N–H and O–H groups in total. The van der Waals surface area contributed by atoms with Gasteiger partial charge in [-0.1, -0.05) is 11.6 Å². The molecule has 0 saturated carbocycles. The normalized spacial score (nSPS) is 21.9. The number of nitrogens with one attached hydrogen (secondary N) is 2. The standard InChI is InChI=1S/C10H13ClN2O/c11-8-1-3-9(4-2-8)13-10-7-14-6-5-12-10/h1-4,10,12-13H,5-7H2. The summed E-state index contributed by atoms with van der Waals surface area (Å²) in [5.74, 6) is 0. The molecule has 2 rings (SSSR count). The first kappa shape index (κ1) is 9.77. The van der Waals surface area contributed by atoms with E-state index in [1.165, 1.54) is 0 Å². The third-order valence-electron chi connectivity index (χ3n) is 2.11. The van der Waals surface area contributed by atoms with E-state index in [9.17, 15) is 0 Å². The summed E-state index contributed by atoms with van der Waals surface area (Å²) in [6, 6.07) is 7.65. The Morgan fingerprint density at radius 3 is 2.79 bits per heavy atom. The Bertz CT molecular complexity index is 283. The molecule has 0 bridgehead atoms. The van der Waals surface area contributed by atoms with Crippen LogP contribution in [0.5, 0.6) is 0 Å². The van der Waals surface area contributed by atoms with Crippen molar-refractivity contribution < 1.29 is 4.74 Å². The SMILES string of the molecule is Clc1ccc(NC2COCCN2)cc1. The predicted octanol–water partition coefficient (Wildman–Crippen LogP) is 1.70. The maximum absolute atomic E-state index is 5.79. The number of hydrogen-bond acceptors (Lipinski definition) is 3. The minimum atomic E-state index is 0.199. The minimum Gasteiger partial charge on any atom is -0.377 e. The lowest BCUT2D eigenvalue weighted by Gasteiger charge is -2.25. The van der Waals surface area contributed by atoms with Crippen LogP contribution < -0.4 is 10.6 Å². The number of ether oxygens (including phenoxy) is 1. The van der Waals surface area contributed by atoms with E-state index in [4.69, 9.17) is 16.3 Å². The van der Waals surface area contributed by atoms with Gasteiger partial charge in [0.25, 0.3) is 0 Å². The first-order valence-electron chi connectivity index (χ1n) is 4.68. The van der Waals surface area contributed by atoms with Crippen LogP contribution in [0.2, 0.25) is 5.02 Å². The van der Waals surface area contributed by atoms with Crippen LogP contribution in [-0.4, -0.2) is 25.9 Å². The van der Waals surface area contributed by atoms with Crippen molar-refractivity contribution in [3.63, 3.8) is 0 Å². The van der Waals surface area contributed by atoms with Crippen molar-refractivity contribution >= 4 is 17.3 Å². The van der Waals surface area contributed by atoms with Crippen LogP contribution in [0.25, 0.3) is 0 Å². The van der Waals surface area contributed by atoms with Crippen molar-refractivity contribution in [1.82, 2.24) is 5.32 Å². The molecule has 0 aliphatic carbocycles. The lowest BCUT2D eigenvalue weighted by atomic mass is 10.3. The van der Waals surface area contributed by atoms with E-state index in [0.717, 1.165) is 23.9 Å². The van der Waals surface area contributed by atoms with Gasteiger partial charge in [0.2, 0.25) is 0 Å². The van der Waals surface area contributed by atoms with Gasteiger partial charge in [-0.15, -0.1) is 0 Å². The van der Waals surface area contributed by atoms with Crippen LogP contribution in [0.15, 0.2) is 24.3 Å². The van der Waals surface area contributed by atoms with Crippen molar-refractivity contribution in [2.75, 3.05) is 25.1 Å². The first-order valence-corrected chi connectivity index (χ1v) is 5.05. The molecule has 0 radical (unpaired) electrons. The van der Waals surface area contributed by atoms with E-state index >= 15 is 0 Å². The zero-order chi connectivity index (χ0) is 9.80. The van der Waals surface area contributed by atoms with Crippen molar-refractivity contribution in [3.8, 4) is 0 Å². The van der Waals surface area contributed by atoms with Crippen LogP contribution in [0.3, 0.4) is 0 Å². The lowest BCUT2D eigenvalue weighted by Crippen LogP contribution is -2.46. The van der Waals surface area contributed by atoms with Crippen LogP contribution in [0, 0.1) is 0 Å². The molecule has 1 aliphatic rings. The molecule has 1 unspecified atom stereocenters. The van der Waals surface area contributed by atoms with Crippen LogP contribution in [0.1, 0.15) is 0 Å². The van der Waals surface area contributed by atoms with Gasteiger partial charge in [0, 0.05) is 17.3 Å². The van der Waals surface area contributed by atoms with Crippen LogP contribution >= 0.6 is 11.6 Å². The second kappa shape index (κ2) is 4.64. The minimum absolute atomic E-state index is 0.199. The summed E-state index contributed by atoms with van der Waals surface area (Å²) in [5.41, 5.74) is 1.05. The smallest absolute Gasteiger partial charge is 0.101 e. The summed E-state index contributed by atoms with van der Waals surface area (Å²) in [5, 5.41) is 7.38. The van der Waals surface area contributed by atoms with Crippen LogP contribution in [-0.2, 0) is 4.74 Å². The summed E-state index contributed by atoms with van der Waals surface area (Å²) >= 11 is 5.79. The summed E-state index contributed by atoms with van der Waals surface area (Å²) in [7, 11) is 0. The molecule has 0 spiro atoms. The maximum atomic E-state index is 5.79. The van der Waals surface area contributed by atoms with E-state index in [2.05, 4.69) is 10.6 Å². The van der Waals surface area contributed by atoms with Crippen molar-refractivity contribution in [2.24, 2.45) is 0 Å². The van der Waals surface area contributed by atoms with Gasteiger partial charge < -0.3 is 10.1 Å². The average molecular weight is 213 g/mol. The number of rotatable bonds is 2. The second-order valence-electron chi connectivity index (χ2n) is 3.23.